The molecule has 1 amide bonds. The number of amides is 1. The minimum Gasteiger partial charge on any atom is -0.481 e. The molecule has 6 fully saturated rings. The number of carbonyl (C=O) groups is 3. The van der Waals surface area contributed by atoms with Crippen molar-refractivity contribution in [2.45, 2.75) is 151 Å². The van der Waals surface area contributed by atoms with E-state index in [1.54, 1.807) is 13.8 Å². The van der Waals surface area contributed by atoms with E-state index in [9.17, 15) is 14.7 Å². The number of carboxylic acid groups (broad SMARTS) is 1. The minimum absolute atomic E-state index is 0.0212. The number of nitrogens with zero attached hydrogens (tertiary/aromatic N) is 2. The van der Waals surface area contributed by atoms with Crippen molar-refractivity contribution in [2.75, 3.05) is 6.54 Å². The highest BCUT2D eigenvalue weighted by Gasteiger charge is 2.72. The quantitative estimate of drug-likeness (QED) is 0.204. The Morgan fingerprint density at radius 1 is 0.912 bits per heavy atom. The molecule has 2 aromatic rings. The van der Waals surface area contributed by atoms with Gasteiger partial charge in [0.1, 0.15) is 11.9 Å². The number of H-pyrrole nitrogens is 1. The molecule has 1 aromatic carbocycles. The van der Waals surface area contributed by atoms with Crippen LogP contribution in [-0.2, 0) is 19.1 Å². The molecule has 1 saturated heterocycles. The molecular weight excluding hydrogens is 711 g/mol. The summed E-state index contributed by atoms with van der Waals surface area (Å²) in [5.41, 5.74) is 1.95. The SMILES string of the molecule is C=C(C)[C@@H]1CC[C@]2(C(=O)N3CCC[C@H]3c3ncc(-c4ccccc4)[nH]3)CC[C@]3(C)C(CC[C@@H]4[C@@]5(C)CC[C@H](OC(=O)CC(C)(C)C(=O)O)C(C)(C)[C@@H]5CC[C@]43C)[C@@H]12. The third kappa shape index (κ3) is 6.01. The first-order valence-corrected chi connectivity index (χ1v) is 22.3. The number of aliphatic carboxylic acids is 1. The number of esters is 1. The molecule has 5 aliphatic carbocycles. The molecule has 310 valence electrons. The summed E-state index contributed by atoms with van der Waals surface area (Å²) in [6.07, 6.45) is 13.9. The summed E-state index contributed by atoms with van der Waals surface area (Å²) in [5, 5.41) is 9.66. The van der Waals surface area contributed by atoms with E-state index in [0.717, 1.165) is 94.3 Å². The zero-order valence-electron chi connectivity index (χ0n) is 36.1. The van der Waals surface area contributed by atoms with E-state index in [2.05, 4.69) is 82.3 Å². The van der Waals surface area contributed by atoms with Crippen molar-refractivity contribution in [2.24, 2.45) is 62.1 Å². The Bertz CT molecular complexity index is 1920. The zero-order chi connectivity index (χ0) is 40.9. The third-order valence-electron chi connectivity index (χ3n) is 18.4. The van der Waals surface area contributed by atoms with E-state index in [0.29, 0.717) is 35.5 Å². The van der Waals surface area contributed by atoms with E-state index in [1.165, 1.54) is 12.0 Å². The van der Waals surface area contributed by atoms with Gasteiger partial charge in [-0.2, -0.15) is 0 Å². The molecule has 0 bridgehead atoms. The number of hydrogen-bond acceptors (Lipinski definition) is 5. The first kappa shape index (κ1) is 40.4. The van der Waals surface area contributed by atoms with Gasteiger partial charge >= 0.3 is 11.9 Å². The minimum atomic E-state index is -1.15. The maximum atomic E-state index is 15.5. The van der Waals surface area contributed by atoms with E-state index in [-0.39, 0.29) is 45.6 Å². The van der Waals surface area contributed by atoms with Crippen LogP contribution in [0.3, 0.4) is 0 Å². The number of nitrogens with one attached hydrogen (secondary N) is 1. The summed E-state index contributed by atoms with van der Waals surface area (Å²) < 4.78 is 6.22. The van der Waals surface area contributed by atoms with Crippen LogP contribution in [0, 0.1) is 62.1 Å². The second-order valence-corrected chi connectivity index (χ2v) is 21.8. The number of likely N-dealkylation sites (tertiary alicyclic amines) is 1. The van der Waals surface area contributed by atoms with E-state index in [1.807, 2.05) is 12.3 Å². The Morgan fingerprint density at radius 3 is 2.35 bits per heavy atom. The summed E-state index contributed by atoms with van der Waals surface area (Å²) in [5.74, 6) is 1.96. The largest absolute Gasteiger partial charge is 0.481 e. The number of carbonyl (C=O) groups excluding carboxylic acids is 2. The molecule has 0 spiro atoms. The van der Waals surface area contributed by atoms with Gasteiger partial charge in [0.25, 0.3) is 0 Å². The van der Waals surface area contributed by atoms with Gasteiger partial charge in [-0.15, -0.1) is 0 Å². The molecule has 1 aromatic heterocycles. The van der Waals surface area contributed by atoms with Crippen LogP contribution in [-0.4, -0.2) is 50.5 Å². The zero-order valence-corrected chi connectivity index (χ0v) is 36.1. The fourth-order valence-electron chi connectivity index (χ4n) is 15.2. The van der Waals surface area contributed by atoms with Crippen LogP contribution < -0.4 is 0 Å². The highest BCUT2D eigenvalue weighted by Crippen LogP contribution is 2.78. The predicted octanol–water partition coefficient (Wildman–Crippen LogP) is 10.8. The number of rotatable bonds is 8. The normalized spacial score (nSPS) is 39.6. The van der Waals surface area contributed by atoms with Gasteiger partial charge in [0.05, 0.1) is 35.2 Å². The van der Waals surface area contributed by atoms with Crippen LogP contribution in [0.5, 0.6) is 0 Å². The van der Waals surface area contributed by atoms with Crippen molar-refractivity contribution in [1.29, 1.82) is 0 Å². The van der Waals surface area contributed by atoms with E-state index < -0.39 is 17.4 Å². The van der Waals surface area contributed by atoms with Crippen molar-refractivity contribution in [3.05, 3.63) is 54.5 Å². The lowest BCUT2D eigenvalue weighted by Crippen LogP contribution is -2.67. The highest BCUT2D eigenvalue weighted by atomic mass is 16.5. The summed E-state index contributed by atoms with van der Waals surface area (Å²) in [4.78, 5) is 51.2. The van der Waals surface area contributed by atoms with Crippen LogP contribution in [0.25, 0.3) is 11.3 Å². The van der Waals surface area contributed by atoms with Gasteiger partial charge < -0.3 is 19.7 Å². The predicted molar refractivity (Wildman–Crippen MR) is 223 cm³/mol. The summed E-state index contributed by atoms with van der Waals surface area (Å²) in [6.45, 7) is 23.2. The lowest BCUT2D eigenvalue weighted by atomic mass is 9.32. The standard InChI is InChI=1S/C49H69N3O5/c1-30(2)32-19-24-49(42(54)52-27-13-16-35(52)41-50-29-34(51-41)31-14-11-10-12-15-31)26-25-47(8)33(40(32)49)17-18-37-46(7)22-21-38(57-39(53)28-44(3,4)43(55)56)45(5,6)36(46)20-23-48(37,47)9/h10-12,14-15,29,32-33,35-38,40H,1,13,16-28H2,2-9H3,(H,50,51)(H,55,56)/t32-,33?,35-,36-,37+,38-,40+,46-,47+,48+,49-/m0/s1. The second-order valence-electron chi connectivity index (χ2n) is 21.8. The lowest BCUT2D eigenvalue weighted by Gasteiger charge is -2.73. The van der Waals surface area contributed by atoms with Gasteiger partial charge in [-0.05, 0) is 149 Å². The van der Waals surface area contributed by atoms with Crippen molar-refractivity contribution < 1.29 is 24.2 Å². The maximum absolute atomic E-state index is 15.5. The number of carboxylic acids is 1. The fourth-order valence-corrected chi connectivity index (χ4v) is 15.2. The second kappa shape index (κ2) is 13.8. The van der Waals surface area contributed by atoms with Gasteiger partial charge in [-0.25, -0.2) is 4.98 Å². The summed E-state index contributed by atoms with van der Waals surface area (Å²) in [6, 6.07) is 10.3. The molecule has 8 nitrogen and oxygen atoms in total. The topological polar surface area (TPSA) is 113 Å². The number of benzene rings is 1. The number of ether oxygens (including phenoxy) is 1. The van der Waals surface area contributed by atoms with Crippen molar-refractivity contribution in [3.8, 4) is 11.3 Å². The Balaban J connectivity index is 1.06. The maximum Gasteiger partial charge on any atom is 0.309 e. The highest BCUT2D eigenvalue weighted by molar-refractivity contribution is 5.85. The van der Waals surface area contributed by atoms with Gasteiger partial charge in [0.2, 0.25) is 5.91 Å². The lowest BCUT2D eigenvalue weighted by molar-refractivity contribution is -0.250. The number of imidazole rings is 1. The molecule has 2 heterocycles. The number of fused-ring (bicyclic) bond motifs is 7. The first-order valence-electron chi connectivity index (χ1n) is 22.3. The van der Waals surface area contributed by atoms with Crippen LogP contribution in [0.4, 0.5) is 0 Å². The van der Waals surface area contributed by atoms with Gasteiger partial charge in [-0.3, -0.25) is 14.4 Å². The number of aromatic amines is 1. The molecule has 1 unspecified atom stereocenters. The molecule has 1 aliphatic heterocycles. The third-order valence-corrected chi connectivity index (χ3v) is 18.4. The Hall–Kier alpha value is -3.42. The molecular formula is C49H69N3O5. The number of allylic oxidation sites excluding steroid dienone is 1. The van der Waals surface area contributed by atoms with Gasteiger partial charge in [0, 0.05) is 12.0 Å². The summed E-state index contributed by atoms with van der Waals surface area (Å²) >= 11 is 0. The Kier molecular flexibility index (Phi) is 9.79. The number of hydrogen-bond donors (Lipinski definition) is 2. The fraction of sp³-hybridized carbons (Fsp3) is 0.714. The molecule has 2 N–H and O–H groups in total. The molecule has 6 aliphatic rings. The molecule has 0 radical (unpaired) electrons. The average molecular weight is 780 g/mol. The average Bonchev–Trinajstić information content (AvgIpc) is 3.92. The molecule has 8 heteroatoms. The van der Waals surface area contributed by atoms with Crippen molar-refractivity contribution in [1.82, 2.24) is 14.9 Å². The van der Waals surface area contributed by atoms with Crippen LogP contribution in [0.1, 0.15) is 151 Å². The first-order chi connectivity index (χ1) is 26.8. The summed E-state index contributed by atoms with van der Waals surface area (Å²) in [7, 11) is 0. The van der Waals surface area contributed by atoms with Gasteiger partial charge in [0.15, 0.2) is 0 Å². The Labute approximate surface area is 341 Å². The number of aromatic nitrogens is 2. The van der Waals surface area contributed by atoms with E-state index >= 15 is 4.79 Å². The van der Waals surface area contributed by atoms with Crippen LogP contribution in [0.15, 0.2) is 48.7 Å². The molecule has 11 atom stereocenters. The van der Waals surface area contributed by atoms with Gasteiger partial charge in [-0.1, -0.05) is 77.1 Å². The molecule has 57 heavy (non-hydrogen) atoms. The molecule has 8 rings (SSSR count). The van der Waals surface area contributed by atoms with Crippen molar-refractivity contribution >= 4 is 17.8 Å². The van der Waals surface area contributed by atoms with Crippen LogP contribution in [0.2, 0.25) is 0 Å². The Morgan fingerprint density at radius 2 is 1.65 bits per heavy atom. The smallest absolute Gasteiger partial charge is 0.309 e. The molecule has 5 saturated carbocycles. The van der Waals surface area contributed by atoms with E-state index in [4.69, 9.17) is 9.72 Å². The van der Waals surface area contributed by atoms with Crippen molar-refractivity contribution in [3.63, 3.8) is 0 Å². The monoisotopic (exact) mass is 780 g/mol. The van der Waals surface area contributed by atoms with Crippen LogP contribution >= 0.6 is 0 Å².